The van der Waals surface area contributed by atoms with Crippen LogP contribution in [0, 0.1) is 0 Å². The summed E-state index contributed by atoms with van der Waals surface area (Å²) in [4.78, 5) is 0.225. The van der Waals surface area contributed by atoms with Gasteiger partial charge in [0.25, 0.3) is 0 Å². The van der Waals surface area contributed by atoms with Crippen molar-refractivity contribution in [2.45, 2.75) is 31.6 Å². The molecule has 0 aliphatic rings. The lowest BCUT2D eigenvalue weighted by Gasteiger charge is -2.12. The Bertz CT molecular complexity index is 814. The molecule has 5 nitrogen and oxygen atoms in total. The summed E-state index contributed by atoms with van der Waals surface area (Å²) in [5.74, 6) is 0.483. The van der Waals surface area contributed by atoms with Crippen molar-refractivity contribution in [2.24, 2.45) is 0 Å². The van der Waals surface area contributed by atoms with Crippen LogP contribution in [0.4, 0.5) is 11.4 Å². The number of rotatable bonds is 6. The van der Waals surface area contributed by atoms with Gasteiger partial charge in [0.1, 0.15) is 0 Å². The van der Waals surface area contributed by atoms with Crippen LogP contribution in [-0.2, 0) is 10.0 Å². The minimum atomic E-state index is -3.44. The smallest absolute Gasteiger partial charge is 0.240 e. The minimum Gasteiger partial charge on any atom is -0.332 e. The van der Waals surface area contributed by atoms with Gasteiger partial charge in [0, 0.05) is 17.9 Å². The molecule has 0 fully saturated rings. The van der Waals surface area contributed by atoms with Gasteiger partial charge < -0.3 is 10.6 Å². The van der Waals surface area contributed by atoms with E-state index in [0.29, 0.717) is 23.3 Å². The van der Waals surface area contributed by atoms with Gasteiger partial charge >= 0.3 is 0 Å². The molecule has 0 aliphatic carbocycles. The van der Waals surface area contributed by atoms with Crippen LogP contribution in [0.3, 0.4) is 0 Å². The predicted octanol–water partition coefficient (Wildman–Crippen LogP) is 3.92. The summed E-state index contributed by atoms with van der Waals surface area (Å²) < 4.78 is 26.3. The lowest BCUT2D eigenvalue weighted by molar-refractivity contribution is 0.584. The molecule has 2 rings (SSSR count). The molecule has 7 heteroatoms. The van der Waals surface area contributed by atoms with E-state index in [1.54, 1.807) is 31.2 Å². The maximum atomic E-state index is 11.9. The molecule has 2 aromatic rings. The van der Waals surface area contributed by atoms with E-state index in [1.807, 2.05) is 12.1 Å². The zero-order valence-corrected chi connectivity index (χ0v) is 16.2. The second-order valence-corrected chi connectivity index (χ2v) is 8.06. The molecule has 0 bridgehead atoms. The molecule has 2 aromatic carbocycles. The molecule has 134 valence electrons. The normalized spacial score (nSPS) is 11.4. The van der Waals surface area contributed by atoms with Crippen LogP contribution < -0.4 is 15.4 Å². The molecule has 0 unspecified atom stereocenters. The highest BCUT2D eigenvalue weighted by atomic mass is 32.2. The first-order chi connectivity index (χ1) is 11.8. The van der Waals surface area contributed by atoms with Gasteiger partial charge in [0.05, 0.1) is 4.90 Å². The summed E-state index contributed by atoms with van der Waals surface area (Å²) in [7, 11) is -3.44. The second kappa shape index (κ2) is 8.42. The Morgan fingerprint density at radius 3 is 1.88 bits per heavy atom. The molecule has 0 amide bonds. The van der Waals surface area contributed by atoms with Crippen molar-refractivity contribution < 1.29 is 8.42 Å². The van der Waals surface area contributed by atoms with E-state index >= 15 is 0 Å². The van der Waals surface area contributed by atoms with Crippen molar-refractivity contribution in [3.8, 4) is 0 Å². The lowest BCUT2D eigenvalue weighted by Crippen LogP contribution is -2.23. The third-order valence-corrected chi connectivity index (χ3v) is 5.36. The van der Waals surface area contributed by atoms with Crippen LogP contribution in [0.1, 0.15) is 32.3 Å². The molecule has 0 radical (unpaired) electrons. The van der Waals surface area contributed by atoms with E-state index in [-0.39, 0.29) is 4.90 Å². The Morgan fingerprint density at radius 1 is 0.960 bits per heavy atom. The zero-order chi connectivity index (χ0) is 18.4. The molecule has 0 saturated heterocycles. The van der Waals surface area contributed by atoms with Gasteiger partial charge in [-0.05, 0) is 60.1 Å². The third kappa shape index (κ3) is 5.52. The monoisotopic (exact) mass is 377 g/mol. The van der Waals surface area contributed by atoms with Crippen molar-refractivity contribution >= 4 is 38.7 Å². The van der Waals surface area contributed by atoms with Crippen LogP contribution in [0.5, 0.6) is 0 Å². The van der Waals surface area contributed by atoms with Crippen molar-refractivity contribution in [1.82, 2.24) is 4.72 Å². The summed E-state index contributed by atoms with van der Waals surface area (Å²) in [5.41, 5.74) is 2.88. The average molecular weight is 378 g/mol. The van der Waals surface area contributed by atoms with Gasteiger partial charge in [0.2, 0.25) is 10.0 Å². The average Bonchev–Trinajstić information content (AvgIpc) is 2.55. The van der Waals surface area contributed by atoms with Crippen molar-refractivity contribution in [3.05, 3.63) is 54.1 Å². The van der Waals surface area contributed by atoms with Crippen LogP contribution in [0.15, 0.2) is 53.4 Å². The number of hydrogen-bond acceptors (Lipinski definition) is 3. The van der Waals surface area contributed by atoms with Crippen LogP contribution >= 0.6 is 12.2 Å². The minimum absolute atomic E-state index is 0.225. The molecule has 0 aromatic heterocycles. The number of nitrogens with one attached hydrogen (secondary N) is 3. The first-order valence-corrected chi connectivity index (χ1v) is 9.98. The zero-order valence-electron chi connectivity index (χ0n) is 14.5. The number of thiocarbonyl (C=S) groups is 1. The van der Waals surface area contributed by atoms with Gasteiger partial charge in [-0.2, -0.15) is 0 Å². The standard InChI is InChI=1S/C18H23N3O2S2/c1-4-19-25(22,23)17-11-9-16(10-12-17)21-18(24)20-15-7-5-14(6-8-15)13(2)3/h5-13,19H,4H2,1-3H3,(H2,20,21,24). The first kappa shape index (κ1) is 19.4. The van der Waals surface area contributed by atoms with E-state index in [0.717, 1.165) is 5.69 Å². The molecule has 0 aliphatic heterocycles. The number of sulfonamides is 1. The van der Waals surface area contributed by atoms with Crippen LogP contribution in [0.2, 0.25) is 0 Å². The largest absolute Gasteiger partial charge is 0.332 e. The molecular formula is C18H23N3O2S2. The molecule has 0 heterocycles. The van der Waals surface area contributed by atoms with E-state index in [4.69, 9.17) is 12.2 Å². The molecule has 0 atom stereocenters. The highest BCUT2D eigenvalue weighted by Gasteiger charge is 2.12. The Hall–Kier alpha value is -1.96. The van der Waals surface area contributed by atoms with Crippen molar-refractivity contribution in [1.29, 1.82) is 0 Å². The fourth-order valence-corrected chi connectivity index (χ4v) is 3.51. The van der Waals surface area contributed by atoms with Crippen LogP contribution in [-0.4, -0.2) is 20.1 Å². The van der Waals surface area contributed by atoms with E-state index < -0.39 is 10.0 Å². The van der Waals surface area contributed by atoms with Crippen molar-refractivity contribution in [2.75, 3.05) is 17.2 Å². The summed E-state index contributed by atoms with van der Waals surface area (Å²) in [6, 6.07) is 14.5. The number of hydrogen-bond donors (Lipinski definition) is 3. The lowest BCUT2D eigenvalue weighted by atomic mass is 10.0. The summed E-state index contributed by atoms with van der Waals surface area (Å²) in [5, 5.41) is 6.60. The Labute approximate surface area is 154 Å². The fraction of sp³-hybridized carbons (Fsp3) is 0.278. The Balaban J connectivity index is 1.98. The highest BCUT2D eigenvalue weighted by Crippen LogP contribution is 2.18. The van der Waals surface area contributed by atoms with E-state index in [2.05, 4.69) is 41.3 Å². The number of anilines is 2. The first-order valence-electron chi connectivity index (χ1n) is 8.09. The van der Waals surface area contributed by atoms with E-state index in [1.165, 1.54) is 5.56 Å². The molecular weight excluding hydrogens is 354 g/mol. The quantitative estimate of drug-likeness (QED) is 0.666. The third-order valence-electron chi connectivity index (χ3n) is 3.59. The summed E-state index contributed by atoms with van der Waals surface area (Å²) >= 11 is 5.30. The van der Waals surface area contributed by atoms with Gasteiger partial charge in [-0.15, -0.1) is 0 Å². The Kier molecular flexibility index (Phi) is 6.52. The van der Waals surface area contributed by atoms with Gasteiger partial charge in [-0.1, -0.05) is 32.9 Å². The molecule has 25 heavy (non-hydrogen) atoms. The molecule has 0 spiro atoms. The maximum absolute atomic E-state index is 11.9. The predicted molar refractivity (Wildman–Crippen MR) is 108 cm³/mol. The molecule has 0 saturated carbocycles. The SMILES string of the molecule is CCNS(=O)(=O)c1ccc(NC(=S)Nc2ccc(C(C)C)cc2)cc1. The summed E-state index contributed by atoms with van der Waals surface area (Å²) in [6.07, 6.45) is 0. The van der Waals surface area contributed by atoms with E-state index in [9.17, 15) is 8.42 Å². The second-order valence-electron chi connectivity index (χ2n) is 5.88. The van der Waals surface area contributed by atoms with Crippen LogP contribution in [0.25, 0.3) is 0 Å². The van der Waals surface area contributed by atoms with Gasteiger partial charge in [-0.3, -0.25) is 0 Å². The Morgan fingerprint density at radius 2 is 1.44 bits per heavy atom. The topological polar surface area (TPSA) is 70.2 Å². The number of benzene rings is 2. The highest BCUT2D eigenvalue weighted by molar-refractivity contribution is 7.89. The molecule has 3 N–H and O–H groups in total. The maximum Gasteiger partial charge on any atom is 0.240 e. The van der Waals surface area contributed by atoms with Gasteiger partial charge in [-0.25, -0.2) is 13.1 Å². The summed E-state index contributed by atoms with van der Waals surface area (Å²) in [6.45, 7) is 6.39. The van der Waals surface area contributed by atoms with Crippen molar-refractivity contribution in [3.63, 3.8) is 0 Å². The van der Waals surface area contributed by atoms with Gasteiger partial charge in [0.15, 0.2) is 5.11 Å². The fourth-order valence-electron chi connectivity index (χ4n) is 2.24.